The molecule has 0 radical (unpaired) electrons. The number of benzene rings is 1. The van der Waals surface area contributed by atoms with Crippen LogP contribution in [0.3, 0.4) is 0 Å². The van der Waals surface area contributed by atoms with Gasteiger partial charge in [-0.2, -0.15) is 0 Å². The second-order valence-corrected chi connectivity index (χ2v) is 4.47. The predicted octanol–water partition coefficient (Wildman–Crippen LogP) is 1.09. The zero-order chi connectivity index (χ0) is 13.6. The monoisotopic (exact) mass is 265 g/mol. The van der Waals surface area contributed by atoms with Crippen molar-refractivity contribution < 1.29 is 24.3 Å². The van der Waals surface area contributed by atoms with Crippen molar-refractivity contribution in [3.63, 3.8) is 0 Å². The van der Waals surface area contributed by atoms with E-state index in [1.54, 1.807) is 0 Å². The number of carboxylic acids is 1. The van der Waals surface area contributed by atoms with Crippen molar-refractivity contribution in [2.75, 3.05) is 13.2 Å². The van der Waals surface area contributed by atoms with E-state index in [4.69, 9.17) is 14.6 Å². The van der Waals surface area contributed by atoms with E-state index in [1.807, 2.05) is 0 Å². The Kier molecular flexibility index (Phi) is 2.55. The Morgan fingerprint density at radius 1 is 1.21 bits per heavy atom. The Labute approximate surface area is 107 Å². The first kappa shape index (κ1) is 11.8. The van der Waals surface area contributed by atoms with Crippen LogP contribution in [-0.2, 0) is 24.1 Å². The van der Waals surface area contributed by atoms with E-state index in [0.29, 0.717) is 48.5 Å². The van der Waals surface area contributed by atoms with Crippen molar-refractivity contribution >= 4 is 11.7 Å². The molecular weight excluding hydrogens is 254 g/mol. The molecular formula is C12H11NO6. The highest BCUT2D eigenvalue weighted by Crippen LogP contribution is 2.48. The van der Waals surface area contributed by atoms with Crippen LogP contribution in [0.5, 0.6) is 11.5 Å². The lowest BCUT2D eigenvalue weighted by molar-refractivity contribution is -0.386. The van der Waals surface area contributed by atoms with E-state index in [-0.39, 0.29) is 17.9 Å². The quantitative estimate of drug-likeness (QED) is 0.648. The highest BCUT2D eigenvalue weighted by Gasteiger charge is 2.37. The zero-order valence-electron chi connectivity index (χ0n) is 9.97. The number of carbonyl (C=O) groups is 1. The Bertz CT molecular complexity index is 559. The number of aliphatic carboxylic acids is 1. The molecule has 100 valence electrons. The van der Waals surface area contributed by atoms with Crippen LogP contribution in [0.15, 0.2) is 0 Å². The molecule has 0 unspecified atom stereocenters. The second-order valence-electron chi connectivity index (χ2n) is 4.47. The van der Waals surface area contributed by atoms with E-state index >= 15 is 0 Å². The molecule has 0 saturated heterocycles. The van der Waals surface area contributed by atoms with E-state index in [2.05, 4.69) is 0 Å². The Morgan fingerprint density at radius 2 is 1.84 bits per heavy atom. The topological polar surface area (TPSA) is 98.9 Å². The van der Waals surface area contributed by atoms with Crippen molar-refractivity contribution in [2.24, 2.45) is 0 Å². The normalized spacial score (nSPS) is 15.4. The Balaban J connectivity index is 2.28. The summed E-state index contributed by atoms with van der Waals surface area (Å²) >= 11 is 0. The summed E-state index contributed by atoms with van der Waals surface area (Å²) in [5.41, 5.74) is 1.53. The van der Waals surface area contributed by atoms with Crippen LogP contribution in [0.4, 0.5) is 5.69 Å². The highest BCUT2D eigenvalue weighted by atomic mass is 16.6. The van der Waals surface area contributed by atoms with Gasteiger partial charge >= 0.3 is 11.7 Å². The molecule has 3 rings (SSSR count). The average molecular weight is 265 g/mol. The lowest BCUT2D eigenvalue weighted by Crippen LogP contribution is -2.06. The summed E-state index contributed by atoms with van der Waals surface area (Å²) in [5.74, 6) is -0.385. The summed E-state index contributed by atoms with van der Waals surface area (Å²) in [6, 6.07) is 0. The van der Waals surface area contributed by atoms with Crippen LogP contribution < -0.4 is 9.47 Å². The Morgan fingerprint density at radius 3 is 2.47 bits per heavy atom. The zero-order valence-corrected chi connectivity index (χ0v) is 9.97. The third-order valence-corrected chi connectivity index (χ3v) is 3.39. The molecule has 0 aliphatic carbocycles. The number of hydrogen-bond acceptors (Lipinski definition) is 5. The Hall–Kier alpha value is -2.31. The number of rotatable bonds is 3. The fourth-order valence-electron chi connectivity index (χ4n) is 2.71. The molecule has 0 bridgehead atoms. The number of nitro benzene ring substituents is 1. The van der Waals surface area contributed by atoms with Crippen LogP contribution in [0, 0.1) is 10.1 Å². The minimum Gasteiger partial charge on any atom is -0.492 e. The molecule has 19 heavy (non-hydrogen) atoms. The number of fused-ring (bicyclic) bond motifs is 2. The molecule has 7 nitrogen and oxygen atoms in total. The van der Waals surface area contributed by atoms with Crippen LogP contribution in [-0.4, -0.2) is 29.2 Å². The number of carboxylic acid groups (broad SMARTS) is 1. The van der Waals surface area contributed by atoms with Gasteiger partial charge in [0.2, 0.25) is 5.75 Å². The number of hydrogen-bond donors (Lipinski definition) is 1. The van der Waals surface area contributed by atoms with Crippen molar-refractivity contribution in [3.8, 4) is 11.5 Å². The molecule has 0 saturated carbocycles. The summed E-state index contributed by atoms with van der Waals surface area (Å²) in [6.45, 7) is 0.678. The van der Waals surface area contributed by atoms with E-state index in [9.17, 15) is 14.9 Å². The first-order valence-corrected chi connectivity index (χ1v) is 5.92. The number of nitrogens with zero attached hydrogens (tertiary/aromatic N) is 1. The van der Waals surface area contributed by atoms with E-state index in [0.717, 1.165) is 0 Å². The van der Waals surface area contributed by atoms with Crippen LogP contribution in [0.25, 0.3) is 0 Å². The van der Waals surface area contributed by atoms with Gasteiger partial charge in [0.1, 0.15) is 5.75 Å². The molecule has 2 aliphatic heterocycles. The van der Waals surface area contributed by atoms with Crippen molar-refractivity contribution in [1.82, 2.24) is 0 Å². The summed E-state index contributed by atoms with van der Waals surface area (Å²) in [4.78, 5) is 21.7. The second kappa shape index (κ2) is 4.11. The molecule has 7 heteroatoms. The molecule has 1 N–H and O–H groups in total. The number of ether oxygens (including phenoxy) is 2. The van der Waals surface area contributed by atoms with Gasteiger partial charge in [0.15, 0.2) is 0 Å². The van der Waals surface area contributed by atoms with Gasteiger partial charge in [-0.3, -0.25) is 14.9 Å². The largest absolute Gasteiger partial charge is 0.492 e. The lowest BCUT2D eigenvalue weighted by atomic mass is 9.95. The van der Waals surface area contributed by atoms with Gasteiger partial charge in [-0.25, -0.2) is 0 Å². The predicted molar refractivity (Wildman–Crippen MR) is 62.8 cm³/mol. The van der Waals surface area contributed by atoms with Crippen LogP contribution in [0.2, 0.25) is 0 Å². The summed E-state index contributed by atoms with van der Waals surface area (Å²) in [5, 5.41) is 20.2. The van der Waals surface area contributed by atoms with Crippen molar-refractivity contribution in [3.05, 3.63) is 26.8 Å². The molecule has 0 amide bonds. The highest BCUT2D eigenvalue weighted by molar-refractivity contribution is 5.77. The minimum absolute atomic E-state index is 0.0610. The molecule has 0 aromatic heterocycles. The SMILES string of the molecule is O=C(O)Cc1c2c(c([N+](=O)[O-])c3c1OCC3)OCC2. The molecule has 2 aliphatic rings. The first-order valence-electron chi connectivity index (χ1n) is 5.92. The fraction of sp³-hybridized carbons (Fsp3) is 0.417. The maximum Gasteiger partial charge on any atom is 0.318 e. The minimum atomic E-state index is -0.986. The maximum absolute atomic E-state index is 11.2. The van der Waals surface area contributed by atoms with Gasteiger partial charge in [-0.15, -0.1) is 0 Å². The smallest absolute Gasteiger partial charge is 0.318 e. The fourth-order valence-corrected chi connectivity index (χ4v) is 2.71. The summed E-state index contributed by atoms with van der Waals surface area (Å²) in [6.07, 6.45) is 0.691. The first-order chi connectivity index (χ1) is 9.09. The molecule has 2 heterocycles. The third-order valence-electron chi connectivity index (χ3n) is 3.39. The number of nitro groups is 1. The van der Waals surface area contributed by atoms with Crippen molar-refractivity contribution in [2.45, 2.75) is 19.3 Å². The molecule has 1 aromatic carbocycles. The van der Waals surface area contributed by atoms with Crippen LogP contribution >= 0.6 is 0 Å². The summed E-state index contributed by atoms with van der Waals surface area (Å²) < 4.78 is 10.8. The lowest BCUT2D eigenvalue weighted by Gasteiger charge is -2.11. The average Bonchev–Trinajstić information content (AvgIpc) is 2.95. The maximum atomic E-state index is 11.2. The molecule has 0 atom stereocenters. The van der Waals surface area contributed by atoms with Gasteiger partial charge in [-0.1, -0.05) is 0 Å². The van der Waals surface area contributed by atoms with Gasteiger partial charge in [0, 0.05) is 24.0 Å². The molecule has 1 aromatic rings. The molecule has 0 fully saturated rings. The summed E-state index contributed by atoms with van der Waals surface area (Å²) in [7, 11) is 0. The van der Waals surface area contributed by atoms with E-state index < -0.39 is 10.9 Å². The van der Waals surface area contributed by atoms with Crippen molar-refractivity contribution in [1.29, 1.82) is 0 Å². The van der Waals surface area contributed by atoms with Gasteiger partial charge in [0.05, 0.1) is 30.1 Å². The molecule has 0 spiro atoms. The van der Waals surface area contributed by atoms with Gasteiger partial charge in [0.25, 0.3) is 0 Å². The standard InChI is InChI=1S/C12H11NO6/c14-9(15)5-8-6-1-3-19-12(6)10(13(16)17)7-2-4-18-11(7)8/h1-5H2,(H,14,15). The van der Waals surface area contributed by atoms with Gasteiger partial charge < -0.3 is 14.6 Å². The van der Waals surface area contributed by atoms with Gasteiger partial charge in [-0.05, 0) is 0 Å². The third kappa shape index (κ3) is 1.69. The van der Waals surface area contributed by atoms with E-state index in [1.165, 1.54) is 0 Å². The van der Waals surface area contributed by atoms with Crippen LogP contribution in [0.1, 0.15) is 16.7 Å².